The second-order valence-corrected chi connectivity index (χ2v) is 4.61. The molecule has 0 atom stereocenters. The Hall–Kier alpha value is -0.770. The zero-order valence-corrected chi connectivity index (χ0v) is 10.7. The second-order valence-electron chi connectivity index (χ2n) is 4.61. The van der Waals surface area contributed by atoms with Crippen molar-refractivity contribution < 1.29 is 9.53 Å². The monoisotopic (exact) mass is 228 g/mol. The van der Waals surface area contributed by atoms with Gasteiger partial charge in [-0.3, -0.25) is 0 Å². The van der Waals surface area contributed by atoms with Crippen LogP contribution in [0, 0.1) is 0 Å². The van der Waals surface area contributed by atoms with Gasteiger partial charge in [0.1, 0.15) is 0 Å². The van der Waals surface area contributed by atoms with Gasteiger partial charge in [-0.2, -0.15) is 0 Å². The first kappa shape index (κ1) is 13.3. The number of hydrogen-bond donors (Lipinski definition) is 1. The number of amides is 1. The molecule has 0 saturated carbocycles. The van der Waals surface area contributed by atoms with Gasteiger partial charge in [0.2, 0.25) is 0 Å². The van der Waals surface area contributed by atoms with Crippen molar-refractivity contribution in [3.8, 4) is 0 Å². The number of nitrogens with zero attached hydrogens (tertiary/aromatic N) is 1. The third-order valence-corrected chi connectivity index (χ3v) is 2.78. The Morgan fingerprint density at radius 2 is 2.06 bits per heavy atom. The molecule has 0 aromatic heterocycles. The van der Waals surface area contributed by atoms with Gasteiger partial charge in [-0.25, -0.2) is 4.79 Å². The van der Waals surface area contributed by atoms with Crippen LogP contribution in [0.3, 0.4) is 0 Å². The molecule has 1 amide bonds. The summed E-state index contributed by atoms with van der Waals surface area (Å²) < 4.78 is 5.28. The predicted octanol–water partition coefficient (Wildman–Crippen LogP) is 2.00. The second kappa shape index (κ2) is 6.74. The summed E-state index contributed by atoms with van der Waals surface area (Å²) in [4.78, 5) is 13.8. The van der Waals surface area contributed by atoms with E-state index in [-0.39, 0.29) is 12.2 Å². The first-order valence-corrected chi connectivity index (χ1v) is 6.33. The minimum Gasteiger partial charge on any atom is -0.447 e. The molecule has 0 aromatic rings. The van der Waals surface area contributed by atoms with Crippen molar-refractivity contribution in [2.45, 2.75) is 52.2 Å². The largest absolute Gasteiger partial charge is 0.447 e. The Kier molecular flexibility index (Phi) is 5.60. The van der Waals surface area contributed by atoms with E-state index < -0.39 is 0 Å². The number of nitrogens with one attached hydrogen (secondary N) is 1. The molecule has 0 aliphatic carbocycles. The summed E-state index contributed by atoms with van der Waals surface area (Å²) in [6.07, 6.45) is 2.87. The molecule has 1 saturated heterocycles. The van der Waals surface area contributed by atoms with Gasteiger partial charge in [0.25, 0.3) is 0 Å². The summed E-state index contributed by atoms with van der Waals surface area (Å²) >= 11 is 0. The summed E-state index contributed by atoms with van der Waals surface area (Å²) in [6, 6.07) is 0.354. The van der Waals surface area contributed by atoms with Crippen LogP contribution in [0.4, 0.5) is 4.79 Å². The van der Waals surface area contributed by atoms with E-state index in [4.69, 9.17) is 4.74 Å². The Balaban J connectivity index is 2.53. The van der Waals surface area contributed by atoms with Crippen molar-refractivity contribution in [2.24, 2.45) is 0 Å². The fourth-order valence-electron chi connectivity index (χ4n) is 2.05. The minimum absolute atomic E-state index is 0.0337. The zero-order valence-electron chi connectivity index (χ0n) is 10.7. The van der Waals surface area contributed by atoms with Crippen LogP contribution < -0.4 is 5.32 Å². The lowest BCUT2D eigenvalue weighted by molar-refractivity contribution is 0.0575. The van der Waals surface area contributed by atoms with Crippen LogP contribution in [0.5, 0.6) is 0 Å². The fraction of sp³-hybridized carbons (Fsp3) is 0.917. The van der Waals surface area contributed by atoms with Gasteiger partial charge in [0.15, 0.2) is 0 Å². The van der Waals surface area contributed by atoms with Crippen molar-refractivity contribution in [3.63, 3.8) is 0 Å². The van der Waals surface area contributed by atoms with E-state index in [0.29, 0.717) is 6.04 Å². The Morgan fingerprint density at radius 3 is 2.56 bits per heavy atom. The predicted molar refractivity (Wildman–Crippen MR) is 64.5 cm³/mol. The number of rotatable bonds is 4. The van der Waals surface area contributed by atoms with E-state index in [0.717, 1.165) is 38.9 Å². The van der Waals surface area contributed by atoms with Crippen LogP contribution in [0.15, 0.2) is 0 Å². The zero-order chi connectivity index (χ0) is 12.0. The molecular weight excluding hydrogens is 204 g/mol. The van der Waals surface area contributed by atoms with E-state index in [1.165, 1.54) is 0 Å². The molecular formula is C12H24N2O2. The Bertz CT molecular complexity index is 213. The maximum Gasteiger partial charge on any atom is 0.410 e. The molecule has 94 valence electrons. The number of ether oxygens (including phenoxy) is 1. The maximum atomic E-state index is 11.9. The van der Waals surface area contributed by atoms with Gasteiger partial charge in [0.05, 0.1) is 6.10 Å². The lowest BCUT2D eigenvalue weighted by Crippen LogP contribution is -2.47. The normalized spacial score (nSPS) is 17.5. The molecule has 4 heteroatoms. The lowest BCUT2D eigenvalue weighted by Gasteiger charge is -2.34. The van der Waals surface area contributed by atoms with Crippen molar-refractivity contribution in [1.29, 1.82) is 0 Å². The average molecular weight is 228 g/mol. The van der Waals surface area contributed by atoms with E-state index >= 15 is 0 Å². The van der Waals surface area contributed by atoms with Crippen LogP contribution in [-0.4, -0.2) is 42.8 Å². The third kappa shape index (κ3) is 4.00. The molecule has 0 bridgehead atoms. The van der Waals surface area contributed by atoms with Crippen LogP contribution in [0.25, 0.3) is 0 Å². The lowest BCUT2D eigenvalue weighted by atomic mass is 10.1. The first-order chi connectivity index (χ1) is 7.65. The molecule has 1 heterocycles. The van der Waals surface area contributed by atoms with Crippen LogP contribution in [-0.2, 0) is 4.74 Å². The molecule has 1 aliphatic heterocycles. The maximum absolute atomic E-state index is 11.9. The molecule has 1 fully saturated rings. The highest BCUT2D eigenvalue weighted by molar-refractivity contribution is 5.68. The summed E-state index contributed by atoms with van der Waals surface area (Å²) in [6.45, 7) is 8.68. The summed E-state index contributed by atoms with van der Waals surface area (Å²) in [5.41, 5.74) is 0. The van der Waals surface area contributed by atoms with Gasteiger partial charge in [-0.1, -0.05) is 6.92 Å². The Morgan fingerprint density at radius 1 is 1.44 bits per heavy atom. The third-order valence-electron chi connectivity index (χ3n) is 2.78. The van der Waals surface area contributed by atoms with Crippen LogP contribution in [0.2, 0.25) is 0 Å². The highest BCUT2D eigenvalue weighted by Gasteiger charge is 2.26. The number of hydrogen-bond acceptors (Lipinski definition) is 3. The molecule has 0 aromatic carbocycles. The fourth-order valence-corrected chi connectivity index (χ4v) is 2.05. The molecule has 1 rings (SSSR count). The summed E-state index contributed by atoms with van der Waals surface area (Å²) in [5, 5.41) is 3.31. The highest BCUT2D eigenvalue weighted by atomic mass is 16.6. The standard InChI is InChI=1S/C12H24N2O2/c1-4-9-14(12(15)16-10(2)3)11-5-7-13-8-6-11/h10-11,13H,4-9H2,1-3H3. The molecule has 0 unspecified atom stereocenters. The van der Waals surface area contributed by atoms with E-state index in [1.54, 1.807) is 0 Å². The van der Waals surface area contributed by atoms with Gasteiger partial charge < -0.3 is 15.0 Å². The van der Waals surface area contributed by atoms with Crippen molar-refractivity contribution in [2.75, 3.05) is 19.6 Å². The van der Waals surface area contributed by atoms with Crippen molar-refractivity contribution in [3.05, 3.63) is 0 Å². The van der Waals surface area contributed by atoms with Crippen LogP contribution in [0.1, 0.15) is 40.0 Å². The number of carbonyl (C=O) groups is 1. The van der Waals surface area contributed by atoms with Gasteiger partial charge >= 0.3 is 6.09 Å². The number of carbonyl (C=O) groups excluding carboxylic acids is 1. The molecule has 0 radical (unpaired) electrons. The molecule has 16 heavy (non-hydrogen) atoms. The topological polar surface area (TPSA) is 41.6 Å². The van der Waals surface area contributed by atoms with Crippen molar-refractivity contribution in [1.82, 2.24) is 10.2 Å². The first-order valence-electron chi connectivity index (χ1n) is 6.33. The SMILES string of the molecule is CCCN(C(=O)OC(C)C)C1CCNCC1. The van der Waals surface area contributed by atoms with Crippen LogP contribution >= 0.6 is 0 Å². The van der Waals surface area contributed by atoms with E-state index in [1.807, 2.05) is 18.7 Å². The molecule has 1 aliphatic rings. The summed E-state index contributed by atoms with van der Waals surface area (Å²) in [5.74, 6) is 0. The van der Waals surface area contributed by atoms with Crippen molar-refractivity contribution >= 4 is 6.09 Å². The Labute approximate surface area is 98.3 Å². The highest BCUT2D eigenvalue weighted by Crippen LogP contribution is 2.14. The summed E-state index contributed by atoms with van der Waals surface area (Å²) in [7, 11) is 0. The molecule has 0 spiro atoms. The van der Waals surface area contributed by atoms with Gasteiger partial charge in [-0.15, -0.1) is 0 Å². The molecule has 4 nitrogen and oxygen atoms in total. The average Bonchev–Trinajstić information content (AvgIpc) is 2.26. The molecule has 1 N–H and O–H groups in total. The number of piperidine rings is 1. The van der Waals surface area contributed by atoms with Gasteiger partial charge in [0, 0.05) is 12.6 Å². The smallest absolute Gasteiger partial charge is 0.410 e. The van der Waals surface area contributed by atoms with Gasteiger partial charge in [-0.05, 0) is 46.2 Å². The van der Waals surface area contributed by atoms with E-state index in [2.05, 4.69) is 12.2 Å². The van der Waals surface area contributed by atoms with E-state index in [9.17, 15) is 4.79 Å². The minimum atomic E-state index is -0.149. The quantitative estimate of drug-likeness (QED) is 0.800.